The molecule has 0 bridgehead atoms. The number of halogens is 1. The molecule has 0 saturated carbocycles. The Kier molecular flexibility index (Phi) is 7.73. The largest absolute Gasteiger partial charge is 0.493 e. The van der Waals surface area contributed by atoms with Crippen LogP contribution in [0.25, 0.3) is 10.9 Å². The normalized spacial score (nSPS) is 11.6. The summed E-state index contributed by atoms with van der Waals surface area (Å²) in [5.41, 5.74) is 1.30. The smallest absolute Gasteiger partial charge is 0.282 e. The van der Waals surface area contributed by atoms with Crippen LogP contribution in [0.2, 0.25) is 0 Å². The average Bonchev–Trinajstić information content (AvgIpc) is 2.87. The van der Waals surface area contributed by atoms with Gasteiger partial charge in [0.2, 0.25) is 0 Å². The van der Waals surface area contributed by atoms with Crippen molar-refractivity contribution in [2.45, 2.75) is 26.2 Å². The monoisotopic (exact) mass is 562 g/mol. The number of rotatable bonds is 7. The zero-order chi connectivity index (χ0) is 26.6. The lowest BCUT2D eigenvalue weighted by molar-refractivity contribution is -0.118. The molecule has 0 atom stereocenters. The Bertz CT molecular complexity index is 1530. The number of carbonyl (C=O) groups is 1. The van der Waals surface area contributed by atoms with Crippen LogP contribution in [0.1, 0.15) is 32.2 Å². The standard InChI is InChI=1S/C28H27BrN4O4/c1-28(2,3)27-32-22-12-11-19(29)15-21(22)26(35)33(27)30-16-18-10-13-23(24(14-18)36-4)37-17-25(34)31-20-8-6-5-7-9-20/h5-16H,17H2,1-4H3,(H,31,34). The fraction of sp³-hybridized carbons (Fsp3) is 0.214. The number of methoxy groups -OCH3 is 1. The van der Waals surface area contributed by atoms with E-state index in [1.54, 1.807) is 42.6 Å². The van der Waals surface area contributed by atoms with Crippen LogP contribution in [-0.4, -0.2) is 35.5 Å². The number of hydrogen-bond donors (Lipinski definition) is 1. The molecule has 0 saturated heterocycles. The Morgan fingerprint density at radius 1 is 1.08 bits per heavy atom. The first kappa shape index (κ1) is 26.1. The van der Waals surface area contributed by atoms with E-state index in [0.717, 1.165) is 4.47 Å². The molecule has 9 heteroatoms. The van der Waals surface area contributed by atoms with E-state index in [0.29, 0.717) is 39.5 Å². The Balaban J connectivity index is 1.58. The van der Waals surface area contributed by atoms with E-state index in [1.807, 2.05) is 51.1 Å². The summed E-state index contributed by atoms with van der Waals surface area (Å²) >= 11 is 3.42. The first-order chi connectivity index (χ1) is 17.7. The van der Waals surface area contributed by atoms with Crippen molar-refractivity contribution in [3.63, 3.8) is 0 Å². The lowest BCUT2D eigenvalue weighted by Gasteiger charge is -2.20. The van der Waals surface area contributed by atoms with Crippen LogP contribution in [0.15, 0.2) is 81.1 Å². The number of benzene rings is 3. The van der Waals surface area contributed by atoms with Crippen LogP contribution in [0.5, 0.6) is 11.5 Å². The second-order valence-corrected chi connectivity index (χ2v) is 10.2. The van der Waals surface area contributed by atoms with Gasteiger partial charge in [-0.3, -0.25) is 9.59 Å². The Labute approximate surface area is 223 Å². The summed E-state index contributed by atoms with van der Waals surface area (Å²) in [6.45, 7) is 5.76. The highest BCUT2D eigenvalue weighted by Gasteiger charge is 2.23. The van der Waals surface area contributed by atoms with Crippen molar-refractivity contribution in [3.05, 3.63) is 92.9 Å². The van der Waals surface area contributed by atoms with E-state index in [9.17, 15) is 9.59 Å². The van der Waals surface area contributed by atoms with Crippen LogP contribution in [0, 0.1) is 0 Å². The van der Waals surface area contributed by atoms with Crippen molar-refractivity contribution in [1.82, 2.24) is 9.66 Å². The molecular formula is C28H27BrN4O4. The number of hydrogen-bond acceptors (Lipinski definition) is 6. The van der Waals surface area contributed by atoms with Crippen LogP contribution >= 0.6 is 15.9 Å². The Morgan fingerprint density at radius 2 is 1.84 bits per heavy atom. The third-order valence-electron chi connectivity index (χ3n) is 5.41. The van der Waals surface area contributed by atoms with Gasteiger partial charge >= 0.3 is 0 Å². The number of ether oxygens (including phenoxy) is 2. The molecule has 1 heterocycles. The predicted molar refractivity (Wildman–Crippen MR) is 149 cm³/mol. The number of fused-ring (bicyclic) bond motifs is 1. The van der Waals surface area contributed by atoms with Gasteiger partial charge in [0.1, 0.15) is 5.82 Å². The minimum atomic E-state index is -0.423. The van der Waals surface area contributed by atoms with Gasteiger partial charge in [0.05, 0.1) is 24.2 Å². The fourth-order valence-electron chi connectivity index (χ4n) is 3.61. The van der Waals surface area contributed by atoms with Crippen LogP contribution in [-0.2, 0) is 10.2 Å². The van der Waals surface area contributed by atoms with Crippen LogP contribution < -0.4 is 20.3 Å². The van der Waals surface area contributed by atoms with E-state index in [-0.39, 0.29) is 18.1 Å². The summed E-state index contributed by atoms with van der Waals surface area (Å²) in [5, 5.41) is 7.73. The van der Waals surface area contributed by atoms with Gasteiger partial charge in [-0.15, -0.1) is 0 Å². The maximum absolute atomic E-state index is 13.3. The van der Waals surface area contributed by atoms with E-state index in [2.05, 4.69) is 26.3 Å². The van der Waals surface area contributed by atoms with Gasteiger partial charge < -0.3 is 14.8 Å². The maximum atomic E-state index is 13.3. The summed E-state index contributed by atoms with van der Waals surface area (Å²) in [6.07, 6.45) is 1.57. The third kappa shape index (κ3) is 6.24. The summed E-state index contributed by atoms with van der Waals surface area (Å²) < 4.78 is 13.2. The van der Waals surface area contributed by atoms with Crippen LogP contribution in [0.3, 0.4) is 0 Å². The molecule has 1 N–H and O–H groups in total. The van der Waals surface area contributed by atoms with Crippen molar-refractivity contribution < 1.29 is 14.3 Å². The topological polar surface area (TPSA) is 94.8 Å². The second kappa shape index (κ2) is 11.0. The molecular weight excluding hydrogens is 536 g/mol. The minimum absolute atomic E-state index is 0.179. The summed E-state index contributed by atoms with van der Waals surface area (Å²) in [5.74, 6) is 1.09. The highest BCUT2D eigenvalue weighted by atomic mass is 79.9. The van der Waals surface area contributed by atoms with Crippen molar-refractivity contribution in [1.29, 1.82) is 0 Å². The van der Waals surface area contributed by atoms with Crippen molar-refractivity contribution in [2.75, 3.05) is 19.0 Å². The van der Waals surface area contributed by atoms with Gasteiger partial charge in [0.15, 0.2) is 18.1 Å². The van der Waals surface area contributed by atoms with Gasteiger partial charge in [0.25, 0.3) is 11.5 Å². The van der Waals surface area contributed by atoms with Crippen molar-refractivity contribution in [2.24, 2.45) is 5.10 Å². The predicted octanol–water partition coefficient (Wildman–Crippen LogP) is 5.36. The molecule has 4 rings (SSSR count). The van der Waals surface area contributed by atoms with Crippen LogP contribution in [0.4, 0.5) is 5.69 Å². The van der Waals surface area contributed by atoms with Gasteiger partial charge in [-0.2, -0.15) is 9.78 Å². The number of amides is 1. The molecule has 8 nitrogen and oxygen atoms in total. The highest BCUT2D eigenvalue weighted by Crippen LogP contribution is 2.28. The van der Waals surface area contributed by atoms with E-state index < -0.39 is 5.41 Å². The van der Waals surface area contributed by atoms with Gasteiger partial charge in [-0.05, 0) is 54.1 Å². The molecule has 4 aromatic rings. The number of para-hydroxylation sites is 1. The molecule has 0 aliphatic heterocycles. The molecule has 0 aliphatic rings. The molecule has 0 fully saturated rings. The number of nitrogens with zero attached hydrogens (tertiary/aromatic N) is 3. The molecule has 0 unspecified atom stereocenters. The zero-order valence-corrected chi connectivity index (χ0v) is 22.6. The van der Waals surface area contributed by atoms with Crippen molar-refractivity contribution >= 4 is 44.6 Å². The summed E-state index contributed by atoms with van der Waals surface area (Å²) in [7, 11) is 1.51. The number of anilines is 1. The quantitative estimate of drug-likeness (QED) is 0.306. The van der Waals surface area contributed by atoms with Gasteiger partial charge in [-0.25, -0.2) is 4.98 Å². The van der Waals surface area contributed by atoms with E-state index in [1.165, 1.54) is 11.8 Å². The molecule has 1 aromatic heterocycles. The zero-order valence-electron chi connectivity index (χ0n) is 21.0. The summed E-state index contributed by atoms with van der Waals surface area (Å²) in [6, 6.07) is 19.7. The number of nitrogens with one attached hydrogen (secondary N) is 1. The van der Waals surface area contributed by atoms with Gasteiger partial charge in [0, 0.05) is 15.6 Å². The molecule has 0 spiro atoms. The first-order valence-corrected chi connectivity index (χ1v) is 12.4. The minimum Gasteiger partial charge on any atom is -0.493 e. The maximum Gasteiger partial charge on any atom is 0.282 e. The molecule has 190 valence electrons. The highest BCUT2D eigenvalue weighted by molar-refractivity contribution is 9.10. The summed E-state index contributed by atoms with van der Waals surface area (Å²) in [4.78, 5) is 30.3. The van der Waals surface area contributed by atoms with E-state index >= 15 is 0 Å². The average molecular weight is 563 g/mol. The number of carbonyl (C=O) groups excluding carboxylic acids is 1. The fourth-order valence-corrected chi connectivity index (χ4v) is 3.97. The molecule has 1 amide bonds. The lowest BCUT2D eigenvalue weighted by atomic mass is 9.95. The number of aromatic nitrogens is 2. The SMILES string of the molecule is COc1cc(C=Nn2c(C(C)(C)C)nc3ccc(Br)cc3c2=O)ccc1OCC(=O)Nc1ccccc1. The second-order valence-electron chi connectivity index (χ2n) is 9.32. The Hall–Kier alpha value is -3.98. The van der Waals surface area contributed by atoms with Crippen molar-refractivity contribution in [3.8, 4) is 11.5 Å². The molecule has 37 heavy (non-hydrogen) atoms. The molecule has 0 radical (unpaired) electrons. The molecule has 3 aromatic carbocycles. The lowest BCUT2D eigenvalue weighted by Crippen LogP contribution is -2.29. The first-order valence-electron chi connectivity index (χ1n) is 11.6. The third-order valence-corrected chi connectivity index (χ3v) is 5.90. The van der Waals surface area contributed by atoms with Gasteiger partial charge in [-0.1, -0.05) is 54.9 Å². The molecule has 0 aliphatic carbocycles. The Morgan fingerprint density at radius 3 is 2.54 bits per heavy atom. The van der Waals surface area contributed by atoms with E-state index in [4.69, 9.17) is 14.5 Å².